The average molecular weight is 314 g/mol. The van der Waals surface area contributed by atoms with E-state index in [1.54, 1.807) is 25.1 Å². The van der Waals surface area contributed by atoms with E-state index < -0.39 is 11.6 Å². The Balaban J connectivity index is 2.30. The van der Waals surface area contributed by atoms with E-state index in [9.17, 15) is 8.78 Å². The number of pyridine rings is 1. The number of methoxy groups -OCH3 is 1. The molecule has 21 heavy (non-hydrogen) atoms. The SMILES string of the molecule is CCNc1nc(Nc2ccc(OC)c(Cl)c2)c(F)cc1F. The molecular formula is C14H14ClF2N3O. The first kappa shape index (κ1) is 15.3. The highest BCUT2D eigenvalue weighted by Gasteiger charge is 2.12. The average Bonchev–Trinajstić information content (AvgIpc) is 2.44. The van der Waals surface area contributed by atoms with E-state index in [4.69, 9.17) is 16.3 Å². The Labute approximate surface area is 126 Å². The molecule has 0 aliphatic rings. The molecule has 0 saturated carbocycles. The van der Waals surface area contributed by atoms with E-state index in [1.165, 1.54) is 7.11 Å². The van der Waals surface area contributed by atoms with Crippen LogP contribution >= 0.6 is 11.6 Å². The summed E-state index contributed by atoms with van der Waals surface area (Å²) in [5, 5.41) is 5.85. The van der Waals surface area contributed by atoms with E-state index in [1.807, 2.05) is 0 Å². The molecule has 112 valence electrons. The molecule has 4 nitrogen and oxygen atoms in total. The van der Waals surface area contributed by atoms with Gasteiger partial charge in [0.2, 0.25) is 0 Å². The van der Waals surface area contributed by atoms with Gasteiger partial charge >= 0.3 is 0 Å². The van der Waals surface area contributed by atoms with Gasteiger partial charge in [-0.2, -0.15) is 0 Å². The van der Waals surface area contributed by atoms with E-state index in [0.717, 1.165) is 6.07 Å². The standard InChI is InChI=1S/C14H14ClF2N3O/c1-3-18-13-10(16)7-11(17)14(20-13)19-8-4-5-12(21-2)9(15)6-8/h4-7H,3H2,1-2H3,(H2,18,19,20). The molecule has 2 rings (SSSR count). The van der Waals surface area contributed by atoms with Crippen LogP contribution in [0.3, 0.4) is 0 Å². The summed E-state index contributed by atoms with van der Waals surface area (Å²) in [5.74, 6) is -1.13. The second-order valence-electron chi connectivity index (χ2n) is 4.15. The van der Waals surface area contributed by atoms with E-state index >= 15 is 0 Å². The molecule has 0 aliphatic carbocycles. The third-order valence-electron chi connectivity index (χ3n) is 2.69. The topological polar surface area (TPSA) is 46.2 Å². The van der Waals surface area contributed by atoms with Crippen LogP contribution in [0.4, 0.5) is 26.1 Å². The lowest BCUT2D eigenvalue weighted by Gasteiger charge is -2.11. The van der Waals surface area contributed by atoms with Crippen molar-refractivity contribution in [2.24, 2.45) is 0 Å². The van der Waals surface area contributed by atoms with Crippen molar-refractivity contribution < 1.29 is 13.5 Å². The van der Waals surface area contributed by atoms with Gasteiger partial charge in [0.15, 0.2) is 23.3 Å². The summed E-state index contributed by atoms with van der Waals surface area (Å²) in [6, 6.07) is 5.63. The van der Waals surface area contributed by atoms with Gasteiger partial charge in [-0.05, 0) is 25.1 Å². The van der Waals surface area contributed by atoms with Gasteiger partial charge in [-0.1, -0.05) is 11.6 Å². The lowest BCUT2D eigenvalue weighted by Crippen LogP contribution is -2.06. The first-order chi connectivity index (χ1) is 10.0. The molecule has 1 heterocycles. The van der Waals surface area contributed by atoms with E-state index in [0.29, 0.717) is 23.0 Å². The molecule has 0 aliphatic heterocycles. The van der Waals surface area contributed by atoms with Crippen molar-refractivity contribution in [1.82, 2.24) is 4.98 Å². The predicted molar refractivity (Wildman–Crippen MR) is 79.6 cm³/mol. The zero-order chi connectivity index (χ0) is 15.4. The quantitative estimate of drug-likeness (QED) is 0.868. The largest absolute Gasteiger partial charge is 0.495 e. The second kappa shape index (κ2) is 6.58. The number of aromatic nitrogens is 1. The highest BCUT2D eigenvalue weighted by molar-refractivity contribution is 6.32. The molecule has 0 fully saturated rings. The summed E-state index contributed by atoms with van der Waals surface area (Å²) >= 11 is 5.99. The van der Waals surface area contributed by atoms with Crippen LogP contribution in [-0.4, -0.2) is 18.6 Å². The molecule has 0 bridgehead atoms. The van der Waals surface area contributed by atoms with Crippen LogP contribution in [0, 0.1) is 11.6 Å². The number of benzene rings is 1. The summed E-state index contributed by atoms with van der Waals surface area (Å²) in [4.78, 5) is 3.88. The minimum absolute atomic E-state index is 0.0130. The summed E-state index contributed by atoms with van der Waals surface area (Å²) in [5.41, 5.74) is 0.515. The van der Waals surface area contributed by atoms with Gasteiger partial charge in [-0.3, -0.25) is 0 Å². The van der Waals surface area contributed by atoms with Crippen molar-refractivity contribution in [3.63, 3.8) is 0 Å². The van der Waals surface area contributed by atoms with Gasteiger partial charge in [0.25, 0.3) is 0 Å². The maximum absolute atomic E-state index is 13.8. The summed E-state index contributed by atoms with van der Waals surface area (Å²) < 4.78 is 32.3. The number of nitrogens with one attached hydrogen (secondary N) is 2. The molecule has 0 atom stereocenters. The maximum Gasteiger partial charge on any atom is 0.169 e. The van der Waals surface area contributed by atoms with Crippen molar-refractivity contribution in [2.75, 3.05) is 24.3 Å². The molecule has 0 spiro atoms. The van der Waals surface area contributed by atoms with Crippen molar-refractivity contribution in [2.45, 2.75) is 6.92 Å². The van der Waals surface area contributed by atoms with Gasteiger partial charge < -0.3 is 15.4 Å². The van der Waals surface area contributed by atoms with Gasteiger partial charge in [0, 0.05) is 18.3 Å². The van der Waals surface area contributed by atoms with Crippen LogP contribution < -0.4 is 15.4 Å². The molecule has 1 aromatic carbocycles. The van der Waals surface area contributed by atoms with Gasteiger partial charge in [0.05, 0.1) is 12.1 Å². The molecule has 0 unspecified atom stereocenters. The number of anilines is 3. The second-order valence-corrected chi connectivity index (χ2v) is 4.56. The van der Waals surface area contributed by atoms with Crippen molar-refractivity contribution in [3.8, 4) is 5.75 Å². The van der Waals surface area contributed by atoms with Crippen LogP contribution in [0.5, 0.6) is 5.75 Å². The number of nitrogens with zero attached hydrogens (tertiary/aromatic N) is 1. The van der Waals surface area contributed by atoms with Gasteiger partial charge in [0.1, 0.15) is 5.75 Å². The fraction of sp³-hybridized carbons (Fsp3) is 0.214. The molecule has 0 amide bonds. The van der Waals surface area contributed by atoms with Crippen molar-refractivity contribution in [1.29, 1.82) is 0 Å². The van der Waals surface area contributed by atoms with Crippen molar-refractivity contribution >= 4 is 28.9 Å². The minimum atomic E-state index is -0.791. The van der Waals surface area contributed by atoms with Crippen LogP contribution in [0.25, 0.3) is 0 Å². The lowest BCUT2D eigenvalue weighted by molar-refractivity contribution is 0.415. The van der Waals surface area contributed by atoms with Crippen LogP contribution in [-0.2, 0) is 0 Å². The van der Waals surface area contributed by atoms with Crippen molar-refractivity contribution in [3.05, 3.63) is 40.9 Å². The third kappa shape index (κ3) is 3.52. The first-order valence-corrected chi connectivity index (χ1v) is 6.63. The highest BCUT2D eigenvalue weighted by Crippen LogP contribution is 2.29. The Bertz CT molecular complexity index is 652. The molecule has 0 saturated heterocycles. The summed E-state index contributed by atoms with van der Waals surface area (Å²) in [7, 11) is 1.50. The van der Waals surface area contributed by atoms with Crippen LogP contribution in [0.1, 0.15) is 6.92 Å². The van der Waals surface area contributed by atoms with Crippen LogP contribution in [0.2, 0.25) is 5.02 Å². The molecule has 2 aromatic rings. The number of hydrogen-bond acceptors (Lipinski definition) is 4. The minimum Gasteiger partial charge on any atom is -0.495 e. The Morgan fingerprint density at radius 2 is 1.90 bits per heavy atom. The lowest BCUT2D eigenvalue weighted by atomic mass is 10.3. The summed E-state index contributed by atoms with van der Waals surface area (Å²) in [6.45, 7) is 2.27. The number of halogens is 3. The highest BCUT2D eigenvalue weighted by atomic mass is 35.5. The predicted octanol–water partition coefficient (Wildman–Crippen LogP) is 4.20. The summed E-state index contributed by atoms with van der Waals surface area (Å²) in [6.07, 6.45) is 0. The van der Waals surface area contributed by atoms with Gasteiger partial charge in [-0.15, -0.1) is 0 Å². The number of ether oxygens (including phenoxy) is 1. The van der Waals surface area contributed by atoms with Crippen LogP contribution in [0.15, 0.2) is 24.3 Å². The van der Waals surface area contributed by atoms with E-state index in [2.05, 4.69) is 15.6 Å². The zero-order valence-electron chi connectivity index (χ0n) is 11.5. The molecule has 1 aromatic heterocycles. The fourth-order valence-electron chi connectivity index (χ4n) is 1.73. The Morgan fingerprint density at radius 1 is 1.19 bits per heavy atom. The Kier molecular flexibility index (Phi) is 4.80. The number of hydrogen-bond donors (Lipinski definition) is 2. The first-order valence-electron chi connectivity index (χ1n) is 6.25. The fourth-order valence-corrected chi connectivity index (χ4v) is 1.98. The zero-order valence-corrected chi connectivity index (χ0v) is 12.3. The molecule has 0 radical (unpaired) electrons. The van der Waals surface area contributed by atoms with Gasteiger partial charge in [-0.25, -0.2) is 13.8 Å². The Hall–Kier alpha value is -2.08. The molecular weight excluding hydrogens is 300 g/mol. The Morgan fingerprint density at radius 3 is 2.52 bits per heavy atom. The smallest absolute Gasteiger partial charge is 0.169 e. The number of rotatable bonds is 5. The van der Waals surface area contributed by atoms with E-state index in [-0.39, 0.29) is 11.6 Å². The normalized spacial score (nSPS) is 10.3. The molecule has 7 heteroatoms. The monoisotopic (exact) mass is 313 g/mol. The molecule has 2 N–H and O–H groups in total. The third-order valence-corrected chi connectivity index (χ3v) is 2.98. The maximum atomic E-state index is 13.8.